The van der Waals surface area contributed by atoms with E-state index in [1.807, 2.05) is 30.3 Å². The lowest BCUT2D eigenvalue weighted by Gasteiger charge is -2.16. The average molecular weight is 422 g/mol. The number of anilines is 1. The van der Waals surface area contributed by atoms with E-state index in [1.165, 1.54) is 36.0 Å². The maximum atomic E-state index is 12.8. The number of rotatable bonds is 7. The fourth-order valence-electron chi connectivity index (χ4n) is 2.54. The molecule has 29 heavy (non-hydrogen) atoms. The van der Waals surface area contributed by atoms with Crippen LogP contribution in [0.25, 0.3) is 0 Å². The lowest BCUT2D eigenvalue weighted by molar-refractivity contribution is -0.274. The van der Waals surface area contributed by atoms with Crippen molar-refractivity contribution in [3.8, 4) is 5.75 Å². The number of alkyl halides is 3. The minimum absolute atomic E-state index is 0.272. The monoisotopic (exact) mass is 422 g/mol. The Hall–Kier alpha value is -2.94. The maximum absolute atomic E-state index is 12.8. The van der Waals surface area contributed by atoms with E-state index in [1.54, 1.807) is 13.0 Å². The molecule has 1 heterocycles. The van der Waals surface area contributed by atoms with Gasteiger partial charge in [-0.2, -0.15) is 0 Å². The van der Waals surface area contributed by atoms with E-state index in [0.29, 0.717) is 17.3 Å². The number of aryl methyl sites for hydroxylation is 1. The Morgan fingerprint density at radius 2 is 1.86 bits per heavy atom. The average Bonchev–Trinajstić information content (AvgIpc) is 3.07. The molecule has 0 aliphatic rings. The lowest BCUT2D eigenvalue weighted by Crippen LogP contribution is -2.19. The zero-order chi connectivity index (χ0) is 20.9. The Labute approximate surface area is 169 Å². The van der Waals surface area contributed by atoms with Gasteiger partial charge in [0, 0.05) is 11.8 Å². The minimum Gasteiger partial charge on any atom is -0.406 e. The van der Waals surface area contributed by atoms with Crippen LogP contribution in [0.15, 0.2) is 65.2 Å². The van der Waals surface area contributed by atoms with Crippen LogP contribution in [0.4, 0.5) is 19.0 Å². The number of ether oxygens (including phenoxy) is 1. The van der Waals surface area contributed by atoms with Crippen LogP contribution >= 0.6 is 11.8 Å². The van der Waals surface area contributed by atoms with E-state index in [0.717, 1.165) is 11.1 Å². The molecular weight excluding hydrogens is 405 g/mol. The second-order valence-electron chi connectivity index (χ2n) is 6.11. The number of nitrogens with one attached hydrogen (secondary N) is 1. The van der Waals surface area contributed by atoms with E-state index < -0.39 is 11.6 Å². The van der Waals surface area contributed by atoms with E-state index in [2.05, 4.69) is 15.2 Å². The summed E-state index contributed by atoms with van der Waals surface area (Å²) in [7, 11) is 0. The van der Waals surface area contributed by atoms with Crippen LogP contribution < -0.4 is 10.1 Å². The summed E-state index contributed by atoms with van der Waals surface area (Å²) in [6, 6.07) is 16.4. The molecule has 0 saturated carbocycles. The topological polar surface area (TPSA) is 64.4 Å². The fraction of sp³-hybridized carbons (Fsp3) is 0.200. The summed E-state index contributed by atoms with van der Waals surface area (Å²) in [5, 5.41) is 5.95. The number of carbonyl (C=O) groups is 1. The number of hydrogen-bond donors (Lipinski definition) is 1. The molecule has 0 aliphatic heterocycles. The van der Waals surface area contributed by atoms with Crippen molar-refractivity contribution in [3.63, 3.8) is 0 Å². The number of nitrogens with zero attached hydrogens (tertiary/aromatic N) is 1. The number of thioether (sulfide) groups is 1. The number of halogens is 3. The van der Waals surface area contributed by atoms with Crippen molar-refractivity contribution in [2.24, 2.45) is 0 Å². The third-order valence-corrected chi connectivity index (χ3v) is 5.11. The van der Waals surface area contributed by atoms with Crippen molar-refractivity contribution in [3.05, 3.63) is 77.6 Å². The van der Waals surface area contributed by atoms with Gasteiger partial charge in [-0.05, 0) is 30.2 Å². The highest BCUT2D eigenvalue weighted by Crippen LogP contribution is 2.33. The largest absolute Gasteiger partial charge is 0.573 e. The molecule has 1 unspecified atom stereocenters. The van der Waals surface area contributed by atoms with Crippen LogP contribution in [0, 0.1) is 6.92 Å². The highest BCUT2D eigenvalue weighted by Gasteiger charge is 2.31. The van der Waals surface area contributed by atoms with E-state index in [-0.39, 0.29) is 11.7 Å². The second kappa shape index (κ2) is 9.04. The van der Waals surface area contributed by atoms with E-state index >= 15 is 0 Å². The molecule has 1 amide bonds. The predicted molar refractivity (Wildman–Crippen MR) is 103 cm³/mol. The summed E-state index contributed by atoms with van der Waals surface area (Å²) in [5.74, 6) is 0.751. The molecule has 0 bridgehead atoms. The molecule has 9 heteroatoms. The summed E-state index contributed by atoms with van der Waals surface area (Å²) in [6.45, 7) is 1.72. The van der Waals surface area contributed by atoms with Gasteiger partial charge in [-0.25, -0.2) is 0 Å². The summed E-state index contributed by atoms with van der Waals surface area (Å²) in [5.41, 5.74) is 1.56. The third kappa shape index (κ3) is 6.28. The number of benzene rings is 2. The molecule has 1 aromatic heterocycles. The quantitative estimate of drug-likeness (QED) is 0.545. The summed E-state index contributed by atoms with van der Waals surface area (Å²) < 4.78 is 45.6. The fourth-order valence-corrected chi connectivity index (χ4v) is 3.65. The highest BCUT2D eigenvalue weighted by atomic mass is 32.2. The van der Waals surface area contributed by atoms with Gasteiger partial charge in [0.1, 0.15) is 16.8 Å². The normalized spacial score (nSPS) is 12.4. The van der Waals surface area contributed by atoms with Gasteiger partial charge >= 0.3 is 6.36 Å². The Bertz CT molecular complexity index is 944. The standard InChI is InChI=1S/C20H17F3N2O3S/c1-13-11-17(25-28-13)24-19(26)18(15-5-3-2-4-6-15)29-12-14-7-9-16(10-8-14)27-20(21,22)23/h2-11,18H,12H2,1H3,(H,24,25,26). The Kier molecular flexibility index (Phi) is 6.48. The third-order valence-electron chi connectivity index (χ3n) is 3.79. The van der Waals surface area contributed by atoms with E-state index in [9.17, 15) is 18.0 Å². The number of aromatic nitrogens is 1. The van der Waals surface area contributed by atoms with Crippen molar-refractivity contribution >= 4 is 23.5 Å². The molecule has 5 nitrogen and oxygen atoms in total. The van der Waals surface area contributed by atoms with Crippen molar-refractivity contribution < 1.29 is 27.2 Å². The molecule has 3 aromatic rings. The van der Waals surface area contributed by atoms with Crippen LogP contribution in [0.1, 0.15) is 22.1 Å². The maximum Gasteiger partial charge on any atom is 0.573 e. The molecule has 0 aliphatic carbocycles. The molecule has 1 N–H and O–H groups in total. The van der Waals surface area contributed by atoms with Crippen molar-refractivity contribution in [1.82, 2.24) is 5.16 Å². The van der Waals surface area contributed by atoms with Crippen molar-refractivity contribution in [2.45, 2.75) is 24.3 Å². The molecule has 3 rings (SSSR count). The van der Waals surface area contributed by atoms with Gasteiger partial charge in [0.15, 0.2) is 5.82 Å². The van der Waals surface area contributed by atoms with Crippen LogP contribution in [0.5, 0.6) is 5.75 Å². The molecule has 1 atom stereocenters. The first-order valence-electron chi connectivity index (χ1n) is 8.55. The molecule has 152 valence electrons. The van der Waals surface area contributed by atoms with Gasteiger partial charge in [-0.3, -0.25) is 4.79 Å². The van der Waals surface area contributed by atoms with Crippen LogP contribution in [-0.2, 0) is 10.5 Å². The molecular formula is C20H17F3N2O3S. The van der Waals surface area contributed by atoms with Crippen LogP contribution in [0.2, 0.25) is 0 Å². The van der Waals surface area contributed by atoms with Gasteiger partial charge < -0.3 is 14.6 Å². The van der Waals surface area contributed by atoms with Gasteiger partial charge in [0.2, 0.25) is 5.91 Å². The highest BCUT2D eigenvalue weighted by molar-refractivity contribution is 7.99. The van der Waals surface area contributed by atoms with Crippen LogP contribution in [-0.4, -0.2) is 17.4 Å². The number of hydrogen-bond acceptors (Lipinski definition) is 5. The number of amides is 1. The van der Waals surface area contributed by atoms with Gasteiger partial charge in [-0.15, -0.1) is 24.9 Å². The first-order chi connectivity index (χ1) is 13.8. The summed E-state index contributed by atoms with van der Waals surface area (Å²) in [6.07, 6.45) is -4.73. The Morgan fingerprint density at radius 3 is 2.45 bits per heavy atom. The molecule has 2 aromatic carbocycles. The van der Waals surface area contributed by atoms with Gasteiger partial charge in [0.05, 0.1) is 0 Å². The Balaban J connectivity index is 1.69. The molecule has 0 fully saturated rings. The lowest BCUT2D eigenvalue weighted by atomic mass is 10.1. The predicted octanol–water partition coefficient (Wildman–Crippen LogP) is 5.49. The second-order valence-corrected chi connectivity index (χ2v) is 7.20. The van der Waals surface area contributed by atoms with Gasteiger partial charge in [-0.1, -0.05) is 47.6 Å². The zero-order valence-electron chi connectivity index (χ0n) is 15.3. The summed E-state index contributed by atoms with van der Waals surface area (Å²) in [4.78, 5) is 12.8. The molecule has 0 radical (unpaired) electrons. The number of carbonyl (C=O) groups excluding carboxylic acids is 1. The first kappa shape index (κ1) is 20.8. The summed E-state index contributed by atoms with van der Waals surface area (Å²) >= 11 is 1.35. The van der Waals surface area contributed by atoms with Crippen molar-refractivity contribution in [1.29, 1.82) is 0 Å². The van der Waals surface area contributed by atoms with Crippen molar-refractivity contribution in [2.75, 3.05) is 5.32 Å². The first-order valence-corrected chi connectivity index (χ1v) is 9.60. The van der Waals surface area contributed by atoms with Gasteiger partial charge in [0.25, 0.3) is 0 Å². The molecule has 0 spiro atoms. The minimum atomic E-state index is -4.73. The van der Waals surface area contributed by atoms with E-state index in [4.69, 9.17) is 4.52 Å². The molecule has 0 saturated heterocycles. The zero-order valence-corrected chi connectivity index (χ0v) is 16.1. The smallest absolute Gasteiger partial charge is 0.406 e. The Morgan fingerprint density at radius 1 is 1.17 bits per heavy atom. The van der Waals surface area contributed by atoms with Crippen LogP contribution in [0.3, 0.4) is 0 Å². The SMILES string of the molecule is Cc1cc(NC(=O)C(SCc2ccc(OC(F)(F)F)cc2)c2ccccc2)no1.